The molecule has 0 aromatic carbocycles. The summed E-state index contributed by atoms with van der Waals surface area (Å²) in [7, 11) is 0. The highest BCUT2D eigenvalue weighted by molar-refractivity contribution is 6.17. The van der Waals surface area contributed by atoms with Gasteiger partial charge in [-0.05, 0) is 0 Å². The average molecular weight is 162 g/mol. The summed E-state index contributed by atoms with van der Waals surface area (Å²) >= 11 is 0. The number of hydrogen-bond acceptors (Lipinski definition) is 4. The smallest absolute Gasteiger partial charge is 0.174 e. The minimum absolute atomic E-state index is 0.0352. The van der Waals surface area contributed by atoms with Crippen LogP contribution in [-0.2, 0) is 9.59 Å². The first kappa shape index (κ1) is 6.97. The van der Waals surface area contributed by atoms with E-state index in [1.165, 1.54) is 12.4 Å². The van der Waals surface area contributed by atoms with Crippen molar-refractivity contribution >= 4 is 17.9 Å². The molecule has 1 heterocycles. The fraction of sp³-hybridized carbons (Fsp3) is 0.125. The summed E-state index contributed by atoms with van der Waals surface area (Å²) in [4.78, 5) is 26.0. The molecule has 4 heteroatoms. The normalized spacial score (nSPS) is 21.0. The minimum Gasteiger partial charge on any atom is -0.352 e. The second-order valence-corrected chi connectivity index (χ2v) is 2.58. The molecular formula is C8H6N2O2. The van der Waals surface area contributed by atoms with Gasteiger partial charge in [-0.15, -0.1) is 0 Å². The monoisotopic (exact) mass is 162 g/mol. The second kappa shape index (κ2) is 2.41. The number of Topliss-reactive ketones (excluding diaryl/α,β-unsaturated/α-hetero) is 1. The topological polar surface area (TPSA) is 58.5 Å². The molecule has 0 saturated carbocycles. The van der Waals surface area contributed by atoms with E-state index in [0.29, 0.717) is 11.3 Å². The second-order valence-electron chi connectivity index (χ2n) is 2.58. The number of nitrogens with zero attached hydrogens (tertiary/aromatic N) is 1. The molecule has 12 heavy (non-hydrogen) atoms. The van der Waals surface area contributed by atoms with Crippen molar-refractivity contribution in [3.05, 3.63) is 23.5 Å². The number of carbonyl (C=O) groups excluding carboxylic acids is 2. The van der Waals surface area contributed by atoms with Gasteiger partial charge in [0.2, 0.25) is 0 Å². The van der Waals surface area contributed by atoms with E-state index in [4.69, 9.17) is 0 Å². The summed E-state index contributed by atoms with van der Waals surface area (Å²) in [5, 5.41) is 2.70. The molecule has 60 valence electrons. The van der Waals surface area contributed by atoms with Crippen molar-refractivity contribution in [2.24, 2.45) is 4.99 Å². The van der Waals surface area contributed by atoms with Gasteiger partial charge in [-0.25, -0.2) is 4.99 Å². The Hall–Kier alpha value is -1.71. The fourth-order valence-corrected chi connectivity index (χ4v) is 1.17. The number of rotatable bonds is 0. The van der Waals surface area contributed by atoms with Crippen LogP contribution >= 0.6 is 0 Å². The highest BCUT2D eigenvalue weighted by atomic mass is 16.1. The standard InChI is InChI=1S/C8H6N2O2/c11-5-1-7-6(8(12)2-5)3-9-4-10-7/h1,3-4H,2H2,(H,9,10). The fourth-order valence-electron chi connectivity index (χ4n) is 1.17. The molecule has 0 aromatic heterocycles. The van der Waals surface area contributed by atoms with Gasteiger partial charge in [-0.3, -0.25) is 9.59 Å². The van der Waals surface area contributed by atoms with Crippen LogP contribution in [0.25, 0.3) is 0 Å². The van der Waals surface area contributed by atoms with Gasteiger partial charge in [0.1, 0.15) is 0 Å². The van der Waals surface area contributed by atoms with Gasteiger partial charge >= 0.3 is 0 Å². The Morgan fingerprint density at radius 3 is 3.08 bits per heavy atom. The van der Waals surface area contributed by atoms with Gasteiger partial charge in [0.15, 0.2) is 11.6 Å². The maximum Gasteiger partial charge on any atom is 0.174 e. The van der Waals surface area contributed by atoms with Crippen LogP contribution in [-0.4, -0.2) is 17.9 Å². The minimum atomic E-state index is -0.175. The molecule has 0 unspecified atom stereocenters. The van der Waals surface area contributed by atoms with Crippen molar-refractivity contribution in [1.82, 2.24) is 5.32 Å². The van der Waals surface area contributed by atoms with E-state index in [0.717, 1.165) is 0 Å². The van der Waals surface area contributed by atoms with E-state index in [1.807, 2.05) is 0 Å². The highest BCUT2D eigenvalue weighted by Gasteiger charge is 2.23. The van der Waals surface area contributed by atoms with E-state index in [-0.39, 0.29) is 18.0 Å². The molecule has 2 rings (SSSR count). The number of ketones is 2. The summed E-state index contributed by atoms with van der Waals surface area (Å²) in [6, 6.07) is 0. The molecule has 0 bridgehead atoms. The van der Waals surface area contributed by atoms with Gasteiger partial charge in [0.05, 0.1) is 24.0 Å². The van der Waals surface area contributed by atoms with Gasteiger partial charge in [-0.2, -0.15) is 0 Å². The van der Waals surface area contributed by atoms with Gasteiger partial charge < -0.3 is 5.32 Å². The van der Waals surface area contributed by atoms with Crippen LogP contribution in [0.1, 0.15) is 6.42 Å². The largest absolute Gasteiger partial charge is 0.352 e. The molecule has 0 radical (unpaired) electrons. The zero-order chi connectivity index (χ0) is 8.55. The molecule has 0 saturated heterocycles. The lowest BCUT2D eigenvalue weighted by atomic mass is 9.97. The first-order valence-corrected chi connectivity index (χ1v) is 3.54. The third kappa shape index (κ3) is 0.972. The molecule has 4 nitrogen and oxygen atoms in total. The third-order valence-electron chi connectivity index (χ3n) is 1.71. The summed E-state index contributed by atoms with van der Waals surface area (Å²) in [5.74, 6) is -0.340. The number of fused-ring (bicyclic) bond motifs is 1. The van der Waals surface area contributed by atoms with E-state index in [2.05, 4.69) is 10.3 Å². The number of allylic oxidation sites excluding steroid dienone is 2. The van der Waals surface area contributed by atoms with Gasteiger partial charge in [0.25, 0.3) is 0 Å². The van der Waals surface area contributed by atoms with E-state index < -0.39 is 0 Å². The SMILES string of the molecule is O=C1C=C2N=CNC=C2C(=O)C1. The summed E-state index contributed by atoms with van der Waals surface area (Å²) in [5.41, 5.74) is 0.965. The van der Waals surface area contributed by atoms with Crippen LogP contribution < -0.4 is 5.32 Å². The van der Waals surface area contributed by atoms with Gasteiger partial charge in [0, 0.05) is 12.3 Å². The molecule has 1 aliphatic heterocycles. The van der Waals surface area contributed by atoms with Crippen molar-refractivity contribution in [3.8, 4) is 0 Å². The first-order valence-electron chi connectivity index (χ1n) is 3.54. The predicted octanol–water partition coefficient (Wildman–Crippen LogP) is -0.0724. The zero-order valence-electron chi connectivity index (χ0n) is 6.20. The third-order valence-corrected chi connectivity index (χ3v) is 1.71. The lowest BCUT2D eigenvalue weighted by Gasteiger charge is -2.13. The Morgan fingerprint density at radius 2 is 2.25 bits per heavy atom. The number of carbonyl (C=O) groups is 2. The molecule has 0 aromatic rings. The summed E-state index contributed by atoms with van der Waals surface area (Å²) in [6.45, 7) is 0. The van der Waals surface area contributed by atoms with Crippen molar-refractivity contribution in [1.29, 1.82) is 0 Å². The summed E-state index contributed by atoms with van der Waals surface area (Å²) < 4.78 is 0. The zero-order valence-corrected chi connectivity index (χ0v) is 6.20. The maximum atomic E-state index is 11.2. The van der Waals surface area contributed by atoms with Crippen LogP contribution in [0.4, 0.5) is 0 Å². The maximum absolute atomic E-state index is 11.2. The van der Waals surface area contributed by atoms with Crippen LogP contribution in [0.15, 0.2) is 28.5 Å². The van der Waals surface area contributed by atoms with E-state index in [1.54, 1.807) is 6.20 Å². The van der Waals surface area contributed by atoms with Crippen molar-refractivity contribution in [2.75, 3.05) is 0 Å². The van der Waals surface area contributed by atoms with Crippen LogP contribution in [0, 0.1) is 0 Å². The molecule has 0 spiro atoms. The molecule has 0 fully saturated rings. The predicted molar refractivity (Wildman–Crippen MR) is 42.4 cm³/mol. The highest BCUT2D eigenvalue weighted by Crippen LogP contribution is 2.20. The molecular weight excluding hydrogens is 156 g/mol. The Kier molecular flexibility index (Phi) is 1.40. The van der Waals surface area contributed by atoms with E-state index >= 15 is 0 Å². The van der Waals surface area contributed by atoms with Crippen LogP contribution in [0.2, 0.25) is 0 Å². The van der Waals surface area contributed by atoms with Crippen molar-refractivity contribution < 1.29 is 9.59 Å². The van der Waals surface area contributed by atoms with Gasteiger partial charge in [-0.1, -0.05) is 0 Å². The first-order chi connectivity index (χ1) is 5.77. The molecule has 1 N–H and O–H groups in total. The number of hydrogen-bond donors (Lipinski definition) is 1. The Morgan fingerprint density at radius 1 is 1.42 bits per heavy atom. The average Bonchev–Trinajstić information content (AvgIpc) is 2.04. The Bertz CT molecular complexity index is 350. The lowest BCUT2D eigenvalue weighted by Crippen LogP contribution is -2.21. The Labute approximate surface area is 68.7 Å². The van der Waals surface area contributed by atoms with Crippen LogP contribution in [0.3, 0.4) is 0 Å². The lowest BCUT2D eigenvalue weighted by molar-refractivity contribution is -0.123. The molecule has 1 aliphatic carbocycles. The van der Waals surface area contributed by atoms with Crippen LogP contribution in [0.5, 0.6) is 0 Å². The van der Waals surface area contributed by atoms with E-state index in [9.17, 15) is 9.59 Å². The van der Waals surface area contributed by atoms with Crippen molar-refractivity contribution in [3.63, 3.8) is 0 Å². The quantitative estimate of drug-likeness (QED) is 0.507. The summed E-state index contributed by atoms with van der Waals surface area (Å²) in [6.07, 6.45) is 4.37. The Balaban J connectivity index is 2.49. The number of aliphatic imine (C=N–C) groups is 1. The molecule has 0 amide bonds. The number of nitrogens with one attached hydrogen (secondary N) is 1. The molecule has 0 atom stereocenters. The van der Waals surface area contributed by atoms with Crippen molar-refractivity contribution in [2.45, 2.75) is 6.42 Å². The molecule has 2 aliphatic rings.